The summed E-state index contributed by atoms with van der Waals surface area (Å²) in [5.41, 5.74) is 3.85. The summed E-state index contributed by atoms with van der Waals surface area (Å²) in [5.74, 6) is -0.258. The zero-order valence-electron chi connectivity index (χ0n) is 19.3. The number of para-hydroxylation sites is 1. The van der Waals surface area contributed by atoms with E-state index in [0.29, 0.717) is 30.9 Å². The summed E-state index contributed by atoms with van der Waals surface area (Å²) in [7, 11) is -3.51. The number of nitrogens with zero attached hydrogens (tertiary/aromatic N) is 4. The van der Waals surface area contributed by atoms with Crippen LogP contribution in [-0.2, 0) is 16.6 Å². The quantitative estimate of drug-likeness (QED) is 0.436. The molecule has 35 heavy (non-hydrogen) atoms. The average molecular weight is 490 g/mol. The van der Waals surface area contributed by atoms with Gasteiger partial charge in [-0.25, -0.2) is 13.1 Å². The van der Waals surface area contributed by atoms with Gasteiger partial charge in [-0.2, -0.15) is 4.31 Å². The molecular formula is C26H27N5O3S. The Morgan fingerprint density at radius 2 is 1.54 bits per heavy atom. The van der Waals surface area contributed by atoms with Gasteiger partial charge in [-0.3, -0.25) is 4.79 Å². The number of benzene rings is 3. The number of hydrogen-bond donors (Lipinski definition) is 1. The fraction of sp³-hybridized carbons (Fsp3) is 0.269. The Morgan fingerprint density at radius 3 is 2.26 bits per heavy atom. The van der Waals surface area contributed by atoms with Crippen LogP contribution in [0.2, 0.25) is 0 Å². The summed E-state index contributed by atoms with van der Waals surface area (Å²) in [5, 5.41) is 11.2. The number of carbonyl (C=O) groups is 1. The molecule has 0 atom stereocenters. The van der Waals surface area contributed by atoms with Gasteiger partial charge in [0, 0.05) is 24.3 Å². The van der Waals surface area contributed by atoms with E-state index in [-0.39, 0.29) is 10.8 Å². The van der Waals surface area contributed by atoms with Crippen LogP contribution in [0.15, 0.2) is 77.7 Å². The molecule has 0 aliphatic carbocycles. The first kappa shape index (κ1) is 23.2. The van der Waals surface area contributed by atoms with Crippen LogP contribution in [-0.4, -0.2) is 46.7 Å². The van der Waals surface area contributed by atoms with E-state index >= 15 is 0 Å². The molecule has 1 aromatic heterocycles. The molecule has 5 rings (SSSR count). The Bertz CT molecular complexity index is 1420. The molecule has 1 fully saturated rings. The first-order chi connectivity index (χ1) is 17.0. The van der Waals surface area contributed by atoms with Gasteiger partial charge in [-0.05, 0) is 66.9 Å². The highest BCUT2D eigenvalue weighted by Crippen LogP contribution is 2.22. The van der Waals surface area contributed by atoms with Crippen LogP contribution >= 0.6 is 0 Å². The molecule has 8 nitrogen and oxygen atoms in total. The zero-order chi connectivity index (χ0) is 24.3. The molecule has 180 valence electrons. The Hall–Kier alpha value is -3.56. The highest BCUT2D eigenvalue weighted by molar-refractivity contribution is 7.89. The number of sulfonamides is 1. The minimum atomic E-state index is -3.51. The predicted molar refractivity (Wildman–Crippen MR) is 135 cm³/mol. The minimum absolute atomic E-state index is 0.252. The molecule has 0 bridgehead atoms. The number of carbonyl (C=O) groups excluding carboxylic acids is 1. The molecule has 9 heteroatoms. The van der Waals surface area contributed by atoms with Crippen molar-refractivity contribution in [3.63, 3.8) is 0 Å². The van der Waals surface area contributed by atoms with Gasteiger partial charge in [-0.15, -0.1) is 5.10 Å². The lowest BCUT2D eigenvalue weighted by molar-refractivity contribution is 0.102. The summed E-state index contributed by atoms with van der Waals surface area (Å²) in [6, 6.07) is 21.5. The van der Waals surface area contributed by atoms with E-state index in [2.05, 4.69) is 15.6 Å². The monoisotopic (exact) mass is 489 g/mol. The maximum absolute atomic E-state index is 12.9. The summed E-state index contributed by atoms with van der Waals surface area (Å²) in [6.07, 6.45) is 3.91. The van der Waals surface area contributed by atoms with Crippen LogP contribution in [0.5, 0.6) is 0 Å². The Labute approximate surface area is 204 Å². The van der Waals surface area contributed by atoms with E-state index in [1.807, 2.05) is 41.1 Å². The van der Waals surface area contributed by atoms with E-state index in [1.165, 1.54) is 0 Å². The van der Waals surface area contributed by atoms with Gasteiger partial charge in [0.2, 0.25) is 10.0 Å². The second-order valence-electron chi connectivity index (χ2n) is 8.73. The number of rotatable bonds is 6. The molecule has 1 saturated heterocycles. The van der Waals surface area contributed by atoms with Gasteiger partial charge in [-0.1, -0.05) is 42.3 Å². The van der Waals surface area contributed by atoms with Crippen molar-refractivity contribution in [1.82, 2.24) is 19.3 Å². The van der Waals surface area contributed by atoms with Crippen molar-refractivity contribution in [3.8, 4) is 0 Å². The first-order valence-electron chi connectivity index (χ1n) is 11.8. The normalized spacial score (nSPS) is 15.1. The maximum atomic E-state index is 12.9. The number of hydrogen-bond acceptors (Lipinski definition) is 5. The third kappa shape index (κ3) is 5.11. The third-order valence-corrected chi connectivity index (χ3v) is 8.20. The van der Waals surface area contributed by atoms with Crippen LogP contribution in [0.4, 0.5) is 5.69 Å². The number of nitrogens with one attached hydrogen (secondary N) is 1. The van der Waals surface area contributed by atoms with Crippen LogP contribution in [0, 0.1) is 0 Å². The molecule has 0 saturated carbocycles. The summed E-state index contributed by atoms with van der Waals surface area (Å²) in [6.45, 7) is 1.67. The summed E-state index contributed by atoms with van der Waals surface area (Å²) < 4.78 is 29.3. The van der Waals surface area contributed by atoms with Crippen molar-refractivity contribution >= 4 is 32.7 Å². The Kier molecular flexibility index (Phi) is 6.61. The van der Waals surface area contributed by atoms with E-state index in [1.54, 1.807) is 40.7 Å². The van der Waals surface area contributed by atoms with Gasteiger partial charge in [0.25, 0.3) is 5.91 Å². The molecule has 2 heterocycles. The molecule has 4 aromatic rings. The second-order valence-corrected chi connectivity index (χ2v) is 10.7. The maximum Gasteiger partial charge on any atom is 0.255 e. The molecule has 3 aromatic carbocycles. The van der Waals surface area contributed by atoms with Gasteiger partial charge in [0.15, 0.2) is 0 Å². The zero-order valence-corrected chi connectivity index (χ0v) is 20.1. The molecule has 1 N–H and O–H groups in total. The number of amides is 1. The molecule has 0 radical (unpaired) electrons. The van der Waals surface area contributed by atoms with Crippen molar-refractivity contribution in [2.45, 2.75) is 37.1 Å². The number of aromatic nitrogens is 3. The summed E-state index contributed by atoms with van der Waals surface area (Å²) in [4.78, 5) is 13.0. The first-order valence-corrected chi connectivity index (χ1v) is 13.2. The highest BCUT2D eigenvalue weighted by Gasteiger charge is 2.25. The predicted octanol–water partition coefficient (Wildman–Crippen LogP) is 4.30. The van der Waals surface area contributed by atoms with Gasteiger partial charge < -0.3 is 5.32 Å². The number of anilines is 1. The fourth-order valence-corrected chi connectivity index (χ4v) is 5.83. The highest BCUT2D eigenvalue weighted by atomic mass is 32.2. The van der Waals surface area contributed by atoms with Crippen molar-refractivity contribution in [2.24, 2.45) is 0 Å². The van der Waals surface area contributed by atoms with E-state index in [0.717, 1.165) is 42.3 Å². The lowest BCUT2D eigenvalue weighted by Gasteiger charge is -2.20. The Morgan fingerprint density at radius 1 is 0.857 bits per heavy atom. The van der Waals surface area contributed by atoms with Crippen LogP contribution in [0.1, 0.15) is 41.6 Å². The lowest BCUT2D eigenvalue weighted by atomic mass is 10.1. The van der Waals surface area contributed by atoms with Crippen molar-refractivity contribution in [2.75, 3.05) is 18.4 Å². The van der Waals surface area contributed by atoms with Gasteiger partial charge in [0.05, 0.1) is 17.0 Å². The standard InChI is InChI=1S/C26H27N5O3S/c32-26(21-11-9-20(10-12-21)19-31-25-8-4-3-7-24(25)28-29-31)27-22-13-15-23(16-14-22)35(33,34)30-17-5-1-2-6-18-30/h3-4,7-16H,1-2,5-6,17-19H2,(H,27,32). The fourth-order valence-electron chi connectivity index (χ4n) is 4.31. The van der Waals surface area contributed by atoms with E-state index in [4.69, 9.17) is 0 Å². The molecule has 0 spiro atoms. The van der Waals surface area contributed by atoms with Crippen molar-refractivity contribution in [1.29, 1.82) is 0 Å². The SMILES string of the molecule is O=C(Nc1ccc(S(=O)(=O)N2CCCCCC2)cc1)c1ccc(Cn2nnc3ccccc32)cc1. The Balaban J connectivity index is 1.23. The van der Waals surface area contributed by atoms with Crippen LogP contribution in [0.3, 0.4) is 0 Å². The molecule has 0 unspecified atom stereocenters. The molecule has 1 aliphatic heterocycles. The summed E-state index contributed by atoms with van der Waals surface area (Å²) >= 11 is 0. The largest absolute Gasteiger partial charge is 0.322 e. The number of fused-ring (bicyclic) bond motifs is 1. The van der Waals surface area contributed by atoms with Crippen molar-refractivity contribution < 1.29 is 13.2 Å². The molecule has 1 amide bonds. The topological polar surface area (TPSA) is 97.2 Å². The third-order valence-electron chi connectivity index (χ3n) is 6.28. The van der Waals surface area contributed by atoms with E-state index < -0.39 is 10.0 Å². The minimum Gasteiger partial charge on any atom is -0.322 e. The van der Waals surface area contributed by atoms with Gasteiger partial charge in [0.1, 0.15) is 5.52 Å². The average Bonchev–Trinajstić information content (AvgIpc) is 3.08. The van der Waals surface area contributed by atoms with Gasteiger partial charge >= 0.3 is 0 Å². The second kappa shape index (κ2) is 9.97. The van der Waals surface area contributed by atoms with E-state index in [9.17, 15) is 13.2 Å². The lowest BCUT2D eigenvalue weighted by Crippen LogP contribution is -2.31. The molecular weight excluding hydrogens is 462 g/mol. The van der Waals surface area contributed by atoms with Crippen LogP contribution in [0.25, 0.3) is 11.0 Å². The van der Waals surface area contributed by atoms with Crippen LogP contribution < -0.4 is 5.32 Å². The smallest absolute Gasteiger partial charge is 0.255 e. The molecule has 1 aliphatic rings. The van der Waals surface area contributed by atoms with Crippen molar-refractivity contribution in [3.05, 3.63) is 83.9 Å².